The van der Waals surface area contributed by atoms with Gasteiger partial charge in [0.25, 0.3) is 11.6 Å². The molecular weight excluding hydrogens is 467 g/mol. The molecule has 1 amide bonds. The first-order chi connectivity index (χ1) is 14.7. The Kier molecular flexibility index (Phi) is 7.37. The zero-order valence-corrected chi connectivity index (χ0v) is 18.7. The highest BCUT2D eigenvalue weighted by Crippen LogP contribution is 2.25. The molecule has 0 aromatic heterocycles. The summed E-state index contributed by atoms with van der Waals surface area (Å²) in [4.78, 5) is 24.6. The van der Waals surface area contributed by atoms with Crippen molar-refractivity contribution in [2.75, 3.05) is 43.4 Å². The number of amides is 1. The Morgan fingerprint density at radius 3 is 2.32 bits per heavy atom. The lowest BCUT2D eigenvalue weighted by molar-refractivity contribution is -0.384. The molecule has 31 heavy (non-hydrogen) atoms. The molecular formula is C19H20Cl2N4O5S. The number of halogens is 2. The average molecular weight is 487 g/mol. The van der Waals surface area contributed by atoms with Gasteiger partial charge < -0.3 is 10.2 Å². The molecule has 0 unspecified atom stereocenters. The molecule has 9 nitrogen and oxygen atoms in total. The van der Waals surface area contributed by atoms with Crippen LogP contribution in [0.5, 0.6) is 0 Å². The first kappa shape index (κ1) is 23.3. The number of anilines is 1. The Labute approximate surface area is 189 Å². The number of nitrogens with zero attached hydrogens (tertiary/aromatic N) is 3. The van der Waals surface area contributed by atoms with Crippen molar-refractivity contribution >= 4 is 50.5 Å². The van der Waals surface area contributed by atoms with Crippen molar-refractivity contribution in [1.82, 2.24) is 9.62 Å². The van der Waals surface area contributed by atoms with Gasteiger partial charge in [0.2, 0.25) is 10.0 Å². The van der Waals surface area contributed by atoms with Gasteiger partial charge in [0, 0.05) is 55.1 Å². The van der Waals surface area contributed by atoms with Crippen LogP contribution < -0.4 is 10.2 Å². The maximum absolute atomic E-state index is 12.6. The number of sulfonamides is 1. The Balaban J connectivity index is 1.51. The van der Waals surface area contributed by atoms with Crippen molar-refractivity contribution in [3.8, 4) is 0 Å². The van der Waals surface area contributed by atoms with Crippen molar-refractivity contribution in [3.05, 3.63) is 68.2 Å². The Morgan fingerprint density at radius 2 is 1.71 bits per heavy atom. The van der Waals surface area contributed by atoms with Crippen molar-refractivity contribution in [1.29, 1.82) is 0 Å². The fourth-order valence-corrected chi connectivity index (χ4v) is 4.85. The first-order valence-corrected chi connectivity index (χ1v) is 11.7. The summed E-state index contributed by atoms with van der Waals surface area (Å²) < 4.78 is 26.6. The SMILES string of the molecule is O=C(NCCS(=O)(=O)N1CCN(c2ccc(Cl)cc2)CC1)c1ccc(Cl)c([N+](=O)[O-])c1. The number of nitro benzene ring substituents is 1. The topological polar surface area (TPSA) is 113 Å². The van der Waals surface area contributed by atoms with E-state index in [1.165, 1.54) is 16.4 Å². The lowest BCUT2D eigenvalue weighted by Crippen LogP contribution is -2.50. The van der Waals surface area contributed by atoms with E-state index in [-0.39, 0.29) is 28.6 Å². The number of hydrogen-bond acceptors (Lipinski definition) is 6. The number of carbonyl (C=O) groups excluding carboxylic acids is 1. The van der Waals surface area contributed by atoms with Gasteiger partial charge in [0.1, 0.15) is 5.02 Å². The highest BCUT2D eigenvalue weighted by molar-refractivity contribution is 7.89. The molecule has 3 rings (SSSR count). The largest absolute Gasteiger partial charge is 0.369 e. The van der Waals surface area contributed by atoms with E-state index in [4.69, 9.17) is 23.2 Å². The minimum absolute atomic E-state index is 0.0325. The van der Waals surface area contributed by atoms with Crippen LogP contribution in [0.3, 0.4) is 0 Å². The van der Waals surface area contributed by atoms with Gasteiger partial charge in [-0.3, -0.25) is 14.9 Å². The summed E-state index contributed by atoms with van der Waals surface area (Å²) in [6.45, 7) is 1.64. The first-order valence-electron chi connectivity index (χ1n) is 9.38. The molecule has 166 valence electrons. The highest BCUT2D eigenvalue weighted by Gasteiger charge is 2.27. The normalized spacial score (nSPS) is 15.0. The number of carbonyl (C=O) groups is 1. The van der Waals surface area contributed by atoms with E-state index in [0.717, 1.165) is 11.8 Å². The molecule has 1 saturated heterocycles. The predicted octanol–water partition coefficient (Wildman–Crippen LogP) is 2.78. The summed E-state index contributed by atoms with van der Waals surface area (Å²) in [5.41, 5.74) is 0.622. The van der Waals surface area contributed by atoms with Gasteiger partial charge in [0.05, 0.1) is 10.7 Å². The van der Waals surface area contributed by atoms with E-state index >= 15 is 0 Å². The third-order valence-corrected chi connectivity index (χ3v) is 7.32. The second kappa shape index (κ2) is 9.82. The summed E-state index contributed by atoms with van der Waals surface area (Å²) in [5, 5.41) is 14.0. The fourth-order valence-electron chi connectivity index (χ4n) is 3.19. The van der Waals surface area contributed by atoms with E-state index in [0.29, 0.717) is 31.2 Å². The molecule has 2 aromatic carbocycles. The Hall–Kier alpha value is -2.40. The third-order valence-electron chi connectivity index (χ3n) is 4.87. The van der Waals surface area contributed by atoms with Crippen LogP contribution in [0.4, 0.5) is 11.4 Å². The van der Waals surface area contributed by atoms with Crippen LogP contribution in [0.2, 0.25) is 10.0 Å². The number of rotatable bonds is 7. The van der Waals surface area contributed by atoms with E-state index < -0.39 is 20.9 Å². The minimum Gasteiger partial charge on any atom is -0.369 e. The molecule has 0 bridgehead atoms. The molecule has 12 heteroatoms. The maximum Gasteiger partial charge on any atom is 0.288 e. The molecule has 1 aliphatic heterocycles. The number of benzene rings is 2. The summed E-state index contributed by atoms with van der Waals surface area (Å²) >= 11 is 11.6. The molecule has 2 aromatic rings. The molecule has 0 saturated carbocycles. The van der Waals surface area contributed by atoms with Gasteiger partial charge in [0.15, 0.2) is 0 Å². The molecule has 0 aliphatic carbocycles. The van der Waals surface area contributed by atoms with Crippen LogP contribution in [-0.2, 0) is 10.0 Å². The monoisotopic (exact) mass is 486 g/mol. The van der Waals surface area contributed by atoms with Crippen molar-refractivity contribution in [3.63, 3.8) is 0 Å². The lowest BCUT2D eigenvalue weighted by Gasteiger charge is -2.35. The van der Waals surface area contributed by atoms with Gasteiger partial charge in [-0.1, -0.05) is 23.2 Å². The van der Waals surface area contributed by atoms with Gasteiger partial charge in [-0.2, -0.15) is 4.31 Å². The number of hydrogen-bond donors (Lipinski definition) is 1. The molecule has 0 radical (unpaired) electrons. The molecule has 0 spiro atoms. The van der Waals surface area contributed by atoms with Crippen LogP contribution in [0.1, 0.15) is 10.4 Å². The molecule has 1 N–H and O–H groups in total. The Bertz CT molecular complexity index is 1070. The molecule has 1 heterocycles. The lowest BCUT2D eigenvalue weighted by atomic mass is 10.2. The second-order valence-electron chi connectivity index (χ2n) is 6.86. The van der Waals surface area contributed by atoms with Crippen LogP contribution in [0.15, 0.2) is 42.5 Å². The number of nitro groups is 1. The molecule has 1 fully saturated rings. The number of nitrogens with one attached hydrogen (secondary N) is 1. The molecule has 0 atom stereocenters. The van der Waals surface area contributed by atoms with E-state index in [2.05, 4.69) is 10.2 Å². The van der Waals surface area contributed by atoms with Gasteiger partial charge >= 0.3 is 0 Å². The standard InChI is InChI=1S/C19H20Cl2N4O5S/c20-15-2-4-16(5-3-15)23-8-10-24(11-9-23)31(29,30)12-7-22-19(26)14-1-6-17(21)18(13-14)25(27)28/h1-6,13H,7-12H2,(H,22,26). The maximum atomic E-state index is 12.6. The fraction of sp³-hybridized carbons (Fsp3) is 0.316. The van der Waals surface area contributed by atoms with Crippen LogP contribution in [0.25, 0.3) is 0 Å². The van der Waals surface area contributed by atoms with E-state index in [9.17, 15) is 23.3 Å². The quantitative estimate of drug-likeness (QED) is 0.475. The zero-order valence-electron chi connectivity index (χ0n) is 16.3. The summed E-state index contributed by atoms with van der Waals surface area (Å²) in [6, 6.07) is 11.0. The highest BCUT2D eigenvalue weighted by atomic mass is 35.5. The average Bonchev–Trinajstić information content (AvgIpc) is 2.74. The third kappa shape index (κ3) is 5.85. The summed E-state index contributed by atoms with van der Waals surface area (Å²) in [6.07, 6.45) is 0. The van der Waals surface area contributed by atoms with Gasteiger partial charge in [-0.05, 0) is 36.4 Å². The van der Waals surface area contributed by atoms with Gasteiger partial charge in [-0.15, -0.1) is 0 Å². The van der Waals surface area contributed by atoms with Crippen LogP contribution in [0, 0.1) is 10.1 Å². The zero-order chi connectivity index (χ0) is 22.6. The smallest absolute Gasteiger partial charge is 0.288 e. The van der Waals surface area contributed by atoms with Crippen molar-refractivity contribution in [2.45, 2.75) is 0 Å². The summed E-state index contributed by atoms with van der Waals surface area (Å²) in [5.74, 6) is -0.877. The Morgan fingerprint density at radius 1 is 1.06 bits per heavy atom. The molecule has 1 aliphatic rings. The number of piperazine rings is 1. The predicted molar refractivity (Wildman–Crippen MR) is 119 cm³/mol. The second-order valence-corrected chi connectivity index (χ2v) is 9.79. The van der Waals surface area contributed by atoms with Crippen molar-refractivity contribution in [2.24, 2.45) is 0 Å². The van der Waals surface area contributed by atoms with E-state index in [1.807, 2.05) is 12.1 Å². The van der Waals surface area contributed by atoms with E-state index in [1.54, 1.807) is 12.1 Å². The summed E-state index contributed by atoms with van der Waals surface area (Å²) in [7, 11) is -3.56. The minimum atomic E-state index is -3.56. The van der Waals surface area contributed by atoms with Crippen molar-refractivity contribution < 1.29 is 18.1 Å². The van der Waals surface area contributed by atoms with Crippen LogP contribution >= 0.6 is 23.2 Å². The van der Waals surface area contributed by atoms with Gasteiger partial charge in [-0.25, -0.2) is 8.42 Å². The van der Waals surface area contributed by atoms with Crippen LogP contribution in [-0.4, -0.2) is 62.0 Å².